The predicted octanol–water partition coefficient (Wildman–Crippen LogP) is 3.98. The standard InChI is InChI=1S/C22H27N5O.2ClH/c1-14(2)27-21-17(11-24-27)9-19(15(3)25-21)22(28)26-12-18(10-23)20(13-26)16-7-5-4-6-8-16;;/h4-9,11,14,18,20H,10,12-13,23H2,1-3H3;2*1H/t18-,20+;;/m1../s1. The summed E-state index contributed by atoms with van der Waals surface area (Å²) >= 11 is 0. The molecule has 1 amide bonds. The average molecular weight is 450 g/mol. The van der Waals surface area contributed by atoms with Crippen LogP contribution in [0, 0.1) is 12.8 Å². The Labute approximate surface area is 189 Å². The molecule has 3 aromatic rings. The molecule has 1 saturated heterocycles. The van der Waals surface area contributed by atoms with Crippen LogP contribution < -0.4 is 5.73 Å². The van der Waals surface area contributed by atoms with Gasteiger partial charge < -0.3 is 10.6 Å². The van der Waals surface area contributed by atoms with Gasteiger partial charge >= 0.3 is 0 Å². The molecule has 0 saturated carbocycles. The number of nitrogens with zero attached hydrogens (tertiary/aromatic N) is 4. The molecule has 2 N–H and O–H groups in total. The second-order valence-corrected chi connectivity index (χ2v) is 7.94. The first-order valence-corrected chi connectivity index (χ1v) is 9.88. The van der Waals surface area contributed by atoms with Crippen LogP contribution in [-0.4, -0.2) is 45.2 Å². The van der Waals surface area contributed by atoms with E-state index in [4.69, 9.17) is 10.7 Å². The number of aromatic nitrogens is 3. The number of benzene rings is 1. The number of rotatable bonds is 4. The molecule has 1 aliphatic rings. The normalized spacial score (nSPS) is 18.4. The zero-order valence-electron chi connectivity index (χ0n) is 17.5. The van der Waals surface area contributed by atoms with E-state index >= 15 is 0 Å². The van der Waals surface area contributed by atoms with E-state index < -0.39 is 0 Å². The van der Waals surface area contributed by atoms with Gasteiger partial charge in [0.15, 0.2) is 5.65 Å². The van der Waals surface area contributed by atoms with Gasteiger partial charge in [-0.15, -0.1) is 24.8 Å². The van der Waals surface area contributed by atoms with Gasteiger partial charge in [0, 0.05) is 30.4 Å². The molecule has 1 aliphatic heterocycles. The van der Waals surface area contributed by atoms with Crippen molar-refractivity contribution < 1.29 is 4.79 Å². The van der Waals surface area contributed by atoms with Crippen molar-refractivity contribution in [2.24, 2.45) is 11.7 Å². The molecule has 0 unspecified atom stereocenters. The zero-order chi connectivity index (χ0) is 19.8. The van der Waals surface area contributed by atoms with Crippen LogP contribution >= 0.6 is 24.8 Å². The van der Waals surface area contributed by atoms with E-state index in [0.717, 1.165) is 16.7 Å². The van der Waals surface area contributed by atoms with Crippen molar-refractivity contribution in [2.45, 2.75) is 32.7 Å². The Kier molecular flexibility index (Phi) is 7.86. The molecule has 0 bridgehead atoms. The molecule has 0 spiro atoms. The van der Waals surface area contributed by atoms with Gasteiger partial charge in [0.2, 0.25) is 0 Å². The van der Waals surface area contributed by atoms with E-state index in [1.807, 2.05) is 40.8 Å². The minimum atomic E-state index is 0. The van der Waals surface area contributed by atoms with Crippen LogP contribution in [0.3, 0.4) is 0 Å². The second-order valence-electron chi connectivity index (χ2n) is 7.94. The van der Waals surface area contributed by atoms with Crippen LogP contribution in [0.2, 0.25) is 0 Å². The highest BCUT2D eigenvalue weighted by molar-refractivity contribution is 5.98. The second kappa shape index (κ2) is 9.77. The molecule has 2 aromatic heterocycles. The van der Waals surface area contributed by atoms with Crippen molar-refractivity contribution in [3.05, 3.63) is 59.4 Å². The minimum absolute atomic E-state index is 0. The number of hydrogen-bond acceptors (Lipinski definition) is 4. The van der Waals surface area contributed by atoms with Crippen molar-refractivity contribution in [1.29, 1.82) is 0 Å². The van der Waals surface area contributed by atoms with Crippen LogP contribution in [0.25, 0.3) is 11.0 Å². The number of aryl methyl sites for hydroxylation is 1. The van der Waals surface area contributed by atoms with E-state index in [2.05, 4.69) is 31.1 Å². The van der Waals surface area contributed by atoms with Crippen LogP contribution in [0.4, 0.5) is 0 Å². The first kappa shape index (κ1) is 24.1. The van der Waals surface area contributed by atoms with Gasteiger partial charge in [-0.05, 0) is 44.9 Å². The van der Waals surface area contributed by atoms with Gasteiger partial charge in [-0.2, -0.15) is 5.10 Å². The highest BCUT2D eigenvalue weighted by Gasteiger charge is 2.36. The Morgan fingerprint density at radius 1 is 1.20 bits per heavy atom. The van der Waals surface area contributed by atoms with Gasteiger partial charge in [0.05, 0.1) is 17.5 Å². The quantitative estimate of drug-likeness (QED) is 0.653. The molecular formula is C22H29Cl2N5O. The number of fused-ring (bicyclic) bond motifs is 1. The summed E-state index contributed by atoms with van der Waals surface area (Å²) in [6.45, 7) is 7.98. The average Bonchev–Trinajstić information content (AvgIpc) is 3.31. The van der Waals surface area contributed by atoms with E-state index in [0.29, 0.717) is 25.2 Å². The van der Waals surface area contributed by atoms with Crippen molar-refractivity contribution in [2.75, 3.05) is 19.6 Å². The highest BCUT2D eigenvalue weighted by atomic mass is 35.5. The lowest BCUT2D eigenvalue weighted by Crippen LogP contribution is -2.30. The van der Waals surface area contributed by atoms with Gasteiger partial charge in [0.25, 0.3) is 5.91 Å². The molecular weight excluding hydrogens is 421 g/mol. The Morgan fingerprint density at radius 3 is 2.53 bits per heavy atom. The molecule has 1 aromatic carbocycles. The first-order valence-electron chi connectivity index (χ1n) is 9.88. The van der Waals surface area contributed by atoms with Crippen molar-refractivity contribution in [3.8, 4) is 0 Å². The number of pyridine rings is 1. The Balaban J connectivity index is 0.00000160. The molecule has 1 fully saturated rings. The third kappa shape index (κ3) is 4.31. The van der Waals surface area contributed by atoms with Gasteiger partial charge in [0.1, 0.15) is 0 Å². The van der Waals surface area contributed by atoms with Crippen molar-refractivity contribution in [3.63, 3.8) is 0 Å². The van der Waals surface area contributed by atoms with Crippen LogP contribution in [0.1, 0.15) is 47.4 Å². The Morgan fingerprint density at radius 2 is 1.90 bits per heavy atom. The lowest BCUT2D eigenvalue weighted by Gasteiger charge is -2.18. The number of nitrogens with two attached hydrogens (primary N) is 1. The van der Waals surface area contributed by atoms with Gasteiger partial charge in [-0.3, -0.25) is 4.79 Å². The largest absolute Gasteiger partial charge is 0.338 e. The minimum Gasteiger partial charge on any atom is -0.338 e. The molecule has 30 heavy (non-hydrogen) atoms. The summed E-state index contributed by atoms with van der Waals surface area (Å²) in [5.41, 5.74) is 9.51. The van der Waals surface area contributed by atoms with Gasteiger partial charge in [-0.25, -0.2) is 9.67 Å². The molecule has 6 nitrogen and oxygen atoms in total. The Bertz CT molecular complexity index is 1010. The Hall–Kier alpha value is -2.15. The maximum atomic E-state index is 13.3. The number of halogens is 2. The zero-order valence-corrected chi connectivity index (χ0v) is 19.1. The predicted molar refractivity (Wildman–Crippen MR) is 125 cm³/mol. The van der Waals surface area contributed by atoms with E-state index in [-0.39, 0.29) is 48.6 Å². The lowest BCUT2D eigenvalue weighted by molar-refractivity contribution is 0.0785. The van der Waals surface area contributed by atoms with E-state index in [9.17, 15) is 4.79 Å². The van der Waals surface area contributed by atoms with E-state index in [1.54, 1.807) is 6.20 Å². The summed E-state index contributed by atoms with van der Waals surface area (Å²) in [4.78, 5) is 19.9. The molecule has 2 atom stereocenters. The molecule has 0 radical (unpaired) electrons. The van der Waals surface area contributed by atoms with Crippen LogP contribution in [0.5, 0.6) is 0 Å². The summed E-state index contributed by atoms with van der Waals surface area (Å²) in [5, 5.41) is 5.32. The number of carbonyl (C=O) groups is 1. The summed E-state index contributed by atoms with van der Waals surface area (Å²) in [7, 11) is 0. The van der Waals surface area contributed by atoms with Crippen LogP contribution in [-0.2, 0) is 0 Å². The monoisotopic (exact) mass is 449 g/mol. The fraction of sp³-hybridized carbons (Fsp3) is 0.409. The third-order valence-corrected chi connectivity index (χ3v) is 5.74. The number of amides is 1. The molecule has 8 heteroatoms. The fourth-order valence-electron chi connectivity index (χ4n) is 4.18. The summed E-state index contributed by atoms with van der Waals surface area (Å²) in [5.74, 6) is 0.573. The smallest absolute Gasteiger partial charge is 0.255 e. The maximum absolute atomic E-state index is 13.3. The van der Waals surface area contributed by atoms with Crippen molar-refractivity contribution in [1.82, 2.24) is 19.7 Å². The molecule has 0 aliphatic carbocycles. The lowest BCUT2D eigenvalue weighted by atomic mass is 9.89. The topological polar surface area (TPSA) is 77.0 Å². The highest BCUT2D eigenvalue weighted by Crippen LogP contribution is 2.33. The summed E-state index contributed by atoms with van der Waals surface area (Å²) in [6, 6.07) is 12.5. The van der Waals surface area contributed by atoms with Crippen LogP contribution in [0.15, 0.2) is 42.6 Å². The molecule has 162 valence electrons. The summed E-state index contributed by atoms with van der Waals surface area (Å²) in [6.07, 6.45) is 1.79. The van der Waals surface area contributed by atoms with E-state index in [1.165, 1.54) is 5.56 Å². The first-order chi connectivity index (χ1) is 13.5. The van der Waals surface area contributed by atoms with Crippen molar-refractivity contribution >= 4 is 41.8 Å². The maximum Gasteiger partial charge on any atom is 0.255 e. The SMILES string of the molecule is Cc1nc2c(cnn2C(C)C)cc1C(=O)N1C[C@@H](CN)[C@H](c2ccccc2)C1.Cl.Cl. The number of hydrogen-bond donors (Lipinski definition) is 1. The third-order valence-electron chi connectivity index (χ3n) is 5.74. The van der Waals surface area contributed by atoms with Gasteiger partial charge in [-0.1, -0.05) is 30.3 Å². The molecule has 4 rings (SSSR count). The number of carbonyl (C=O) groups excluding carboxylic acids is 1. The summed E-state index contributed by atoms with van der Waals surface area (Å²) < 4.78 is 1.89. The fourth-order valence-corrected chi connectivity index (χ4v) is 4.18. The molecule has 3 heterocycles. The number of likely N-dealkylation sites (tertiary alicyclic amines) is 1.